The van der Waals surface area contributed by atoms with Crippen molar-refractivity contribution in [2.24, 2.45) is 5.92 Å². The lowest BCUT2D eigenvalue weighted by Gasteiger charge is -2.48. The summed E-state index contributed by atoms with van der Waals surface area (Å²) >= 11 is 0. The second-order valence-electron chi connectivity index (χ2n) is 9.69. The van der Waals surface area contributed by atoms with Gasteiger partial charge in [-0.1, -0.05) is 58.3 Å². The number of benzene rings is 1. The minimum atomic E-state index is -4.23. The third-order valence-electron chi connectivity index (χ3n) is 6.56. The van der Waals surface area contributed by atoms with Gasteiger partial charge in [-0.25, -0.2) is 4.72 Å². The van der Waals surface area contributed by atoms with Crippen molar-refractivity contribution in [3.63, 3.8) is 0 Å². The molecule has 29 heavy (non-hydrogen) atoms. The summed E-state index contributed by atoms with van der Waals surface area (Å²) in [5.41, 5.74) is 1.31. The van der Waals surface area contributed by atoms with E-state index in [-0.39, 0.29) is 17.4 Å². The van der Waals surface area contributed by atoms with Crippen molar-refractivity contribution >= 4 is 21.1 Å². The smallest absolute Gasteiger partial charge is 0.227 e. The molecule has 1 fully saturated rings. The molecule has 1 atom stereocenters. The van der Waals surface area contributed by atoms with Gasteiger partial charge in [0.2, 0.25) is 5.91 Å². The van der Waals surface area contributed by atoms with E-state index in [0.717, 1.165) is 36.9 Å². The molecule has 1 amide bonds. The minimum Gasteiger partial charge on any atom is -0.326 e. The van der Waals surface area contributed by atoms with Crippen LogP contribution in [-0.2, 0) is 20.7 Å². The molecule has 1 aliphatic carbocycles. The molecular formula is C23H38N2O3S. The Kier molecular flexibility index (Phi) is 6.56. The van der Waals surface area contributed by atoms with Crippen LogP contribution in [0.5, 0.6) is 0 Å². The lowest BCUT2D eigenvalue weighted by molar-refractivity contribution is -0.119. The van der Waals surface area contributed by atoms with E-state index in [0.29, 0.717) is 11.3 Å². The van der Waals surface area contributed by atoms with E-state index in [1.807, 2.05) is 13.0 Å². The van der Waals surface area contributed by atoms with Gasteiger partial charge in [0.25, 0.3) is 0 Å². The highest BCUT2D eigenvalue weighted by Crippen LogP contribution is 2.36. The fourth-order valence-corrected chi connectivity index (χ4v) is 7.09. The molecule has 1 aromatic rings. The molecule has 1 unspecified atom stereocenters. The van der Waals surface area contributed by atoms with Crippen molar-refractivity contribution < 1.29 is 13.6 Å². The number of hydrogen-bond acceptors (Lipinski definition) is 2. The Labute approximate surface area is 175 Å². The number of fused-ring (bicyclic) bond motifs is 1. The van der Waals surface area contributed by atoms with Crippen LogP contribution in [0, 0.1) is 5.92 Å². The Hall–Kier alpha value is -1.24. The Morgan fingerprint density at radius 3 is 2.21 bits per heavy atom. The van der Waals surface area contributed by atoms with Crippen LogP contribution in [0.3, 0.4) is 0 Å². The quantitative estimate of drug-likeness (QED) is 0.620. The first kappa shape index (κ1) is 22.4. The normalized spacial score (nSPS) is 25.0. The first-order valence-corrected chi connectivity index (χ1v) is 13.5. The Bertz CT molecular complexity index is 802. The number of anilines is 1. The van der Waals surface area contributed by atoms with Crippen molar-refractivity contribution in [1.29, 1.82) is 0 Å². The molecule has 0 spiro atoms. The molecule has 2 aliphatic rings. The Morgan fingerprint density at radius 1 is 1.07 bits per heavy atom. The second kappa shape index (κ2) is 8.48. The van der Waals surface area contributed by atoms with E-state index >= 15 is 0 Å². The van der Waals surface area contributed by atoms with E-state index in [1.165, 1.54) is 44.8 Å². The maximum Gasteiger partial charge on any atom is 0.227 e. The maximum absolute atomic E-state index is 13.9. The lowest BCUT2D eigenvalue weighted by atomic mass is 9.90. The molecule has 1 heterocycles. The Balaban J connectivity index is 1.84. The van der Waals surface area contributed by atoms with E-state index in [4.69, 9.17) is 0 Å². The highest BCUT2D eigenvalue weighted by molar-refractivity contribution is 8.12. The van der Waals surface area contributed by atoms with Crippen molar-refractivity contribution in [3.8, 4) is 0 Å². The summed E-state index contributed by atoms with van der Waals surface area (Å²) in [7, 11) is -4.23. The zero-order valence-corrected chi connectivity index (χ0v) is 19.1. The third kappa shape index (κ3) is 5.68. The first-order valence-electron chi connectivity index (χ1n) is 11.2. The van der Waals surface area contributed by atoms with Gasteiger partial charge in [-0.15, -0.1) is 9.53 Å². The zero-order valence-electron chi connectivity index (χ0n) is 18.3. The molecule has 0 radical (unpaired) electrons. The van der Waals surface area contributed by atoms with Crippen molar-refractivity contribution in [2.75, 3.05) is 11.6 Å². The third-order valence-corrected chi connectivity index (χ3v) is 8.90. The van der Waals surface area contributed by atoms with Gasteiger partial charge in [0.05, 0.1) is 4.90 Å². The lowest BCUT2D eigenvalue weighted by Crippen LogP contribution is -2.57. The van der Waals surface area contributed by atoms with E-state index in [1.54, 1.807) is 12.1 Å². The summed E-state index contributed by atoms with van der Waals surface area (Å²) in [6, 6.07) is 5.26. The van der Waals surface area contributed by atoms with Gasteiger partial charge < -0.3 is 5.32 Å². The number of carbonyl (C=O) groups excluding carboxylic acids is 1. The number of hydrogen-bond donors (Lipinski definition) is 3. The molecule has 164 valence electrons. The minimum absolute atomic E-state index is 0.00598. The number of carbonyl (C=O) groups is 1. The molecule has 1 saturated carbocycles. The molecular weight excluding hydrogens is 384 g/mol. The van der Waals surface area contributed by atoms with Crippen LogP contribution >= 0.6 is 0 Å². The maximum atomic E-state index is 13.9. The number of nitrogens with one attached hydrogen (secondary N) is 2. The van der Waals surface area contributed by atoms with Crippen LogP contribution in [0.25, 0.3) is 0 Å². The van der Waals surface area contributed by atoms with E-state index < -0.39 is 9.53 Å². The van der Waals surface area contributed by atoms with Crippen LogP contribution in [0.15, 0.2) is 23.1 Å². The fourth-order valence-electron chi connectivity index (χ4n) is 4.80. The number of amides is 1. The Morgan fingerprint density at radius 2 is 1.62 bits per heavy atom. The molecule has 5 nitrogen and oxygen atoms in total. The molecule has 3 rings (SSSR count). The summed E-state index contributed by atoms with van der Waals surface area (Å²) < 4.78 is 28.5. The van der Waals surface area contributed by atoms with Crippen molar-refractivity contribution in [1.82, 2.24) is 4.72 Å². The number of rotatable bonds is 3. The van der Waals surface area contributed by atoms with Gasteiger partial charge in [0, 0.05) is 23.4 Å². The monoisotopic (exact) mass is 422 g/mol. The molecule has 1 aliphatic heterocycles. The van der Waals surface area contributed by atoms with Crippen molar-refractivity contribution in [3.05, 3.63) is 23.8 Å². The van der Waals surface area contributed by atoms with Crippen molar-refractivity contribution in [2.45, 2.75) is 94.9 Å². The topological polar surface area (TPSA) is 78.4 Å². The van der Waals surface area contributed by atoms with E-state index in [9.17, 15) is 13.6 Å². The highest BCUT2D eigenvalue weighted by Gasteiger charge is 2.35. The first-order chi connectivity index (χ1) is 13.6. The molecule has 0 bridgehead atoms. The largest absolute Gasteiger partial charge is 0.326 e. The van der Waals surface area contributed by atoms with E-state index in [2.05, 4.69) is 17.0 Å². The fraction of sp³-hybridized carbons (Fsp3) is 0.696. The van der Waals surface area contributed by atoms with Crippen LogP contribution in [0.1, 0.15) is 83.6 Å². The van der Waals surface area contributed by atoms with Crippen LogP contribution in [0.4, 0.5) is 5.69 Å². The molecule has 1 aromatic carbocycles. The summed E-state index contributed by atoms with van der Waals surface area (Å²) in [5, 5.41) is 2.89. The molecule has 0 aromatic heterocycles. The molecule has 0 saturated heterocycles. The average molecular weight is 423 g/mol. The van der Waals surface area contributed by atoms with Gasteiger partial charge in [-0.3, -0.25) is 9.35 Å². The average Bonchev–Trinajstić information content (AvgIpc) is 2.67. The van der Waals surface area contributed by atoms with Gasteiger partial charge in [0.15, 0.2) is 0 Å². The van der Waals surface area contributed by atoms with Gasteiger partial charge >= 0.3 is 0 Å². The van der Waals surface area contributed by atoms with Crippen LogP contribution in [0.2, 0.25) is 0 Å². The standard InChI is InChI=1S/C23H38N2O3S/c1-18-16-19-17-20(12-13-21(19)24-22(18)26)29(3,27,28)25-23(2)14-10-8-6-4-5-7-9-11-15-23/h12-13,17-18H,4-11,14-16H2,1-3H3,(H,24,26)(H2,25,27,28). The highest BCUT2D eigenvalue weighted by atomic mass is 32.3. The SMILES string of the molecule is CC1Cc2cc(S(C)(=O)(O)NC3(C)CCCCCCCCCC3)ccc2NC1=O. The molecule has 6 heteroatoms. The van der Waals surface area contributed by atoms with Gasteiger partial charge in [0.1, 0.15) is 0 Å². The van der Waals surface area contributed by atoms with Crippen LogP contribution in [-0.4, -0.2) is 26.5 Å². The predicted molar refractivity (Wildman–Crippen MR) is 121 cm³/mol. The predicted octanol–water partition coefficient (Wildman–Crippen LogP) is 5.28. The van der Waals surface area contributed by atoms with Crippen LogP contribution < -0.4 is 10.0 Å². The summed E-state index contributed by atoms with van der Waals surface area (Å²) in [4.78, 5) is 12.3. The molecule has 3 N–H and O–H groups in total. The zero-order chi connectivity index (χ0) is 21.1. The van der Waals surface area contributed by atoms with Gasteiger partial charge in [-0.05, 0) is 49.9 Å². The second-order valence-corrected chi connectivity index (χ2v) is 12.9. The summed E-state index contributed by atoms with van der Waals surface area (Å²) in [5.74, 6) is -0.123. The van der Waals surface area contributed by atoms with Gasteiger partial charge in [-0.2, -0.15) is 4.21 Å². The summed E-state index contributed by atoms with van der Waals surface area (Å²) in [6.45, 7) is 3.99. The summed E-state index contributed by atoms with van der Waals surface area (Å²) in [6.07, 6.45) is 13.5.